The third-order valence-corrected chi connectivity index (χ3v) is 7.03. The van der Waals surface area contributed by atoms with Crippen LogP contribution in [0.5, 0.6) is 0 Å². The summed E-state index contributed by atoms with van der Waals surface area (Å²) in [6.45, 7) is 17.2. The van der Waals surface area contributed by atoms with Crippen LogP contribution in [0.2, 0.25) is 0 Å². The normalized spacial score (nSPS) is 21.7. The van der Waals surface area contributed by atoms with E-state index in [9.17, 15) is 9.90 Å². The number of carbonyl (C=O) groups excluding carboxylic acids is 1. The summed E-state index contributed by atoms with van der Waals surface area (Å²) < 4.78 is 0. The van der Waals surface area contributed by atoms with Gasteiger partial charge >= 0.3 is 0 Å². The summed E-state index contributed by atoms with van der Waals surface area (Å²) in [6.07, 6.45) is 5.45. The van der Waals surface area contributed by atoms with E-state index in [1.54, 1.807) is 6.08 Å². The average molecular weight is 412 g/mol. The molecule has 30 heavy (non-hydrogen) atoms. The van der Waals surface area contributed by atoms with Crippen molar-refractivity contribution in [2.75, 3.05) is 6.61 Å². The molecule has 2 unspecified atom stereocenters. The van der Waals surface area contributed by atoms with Crippen LogP contribution in [-0.4, -0.2) is 23.5 Å². The largest absolute Gasteiger partial charge is 0.512 e. The topological polar surface area (TPSA) is 58.6 Å². The molecule has 1 aromatic carbocycles. The fourth-order valence-corrected chi connectivity index (χ4v) is 5.50. The van der Waals surface area contributed by atoms with E-state index in [0.717, 1.165) is 12.8 Å². The number of allylic oxidation sites excluding steroid dienone is 1. The first kappa shape index (κ1) is 22.8. The Morgan fingerprint density at radius 2 is 1.80 bits per heavy atom. The maximum absolute atomic E-state index is 13.1. The highest BCUT2D eigenvalue weighted by molar-refractivity contribution is 5.98. The molecule has 0 heterocycles. The summed E-state index contributed by atoms with van der Waals surface area (Å²) >= 11 is 0. The second-order valence-corrected chi connectivity index (χ2v) is 9.83. The van der Waals surface area contributed by atoms with E-state index in [4.69, 9.17) is 4.84 Å². The predicted molar refractivity (Wildman–Crippen MR) is 122 cm³/mol. The lowest BCUT2D eigenvalue weighted by atomic mass is 9.75. The molecule has 0 aliphatic heterocycles. The third-order valence-electron chi connectivity index (χ3n) is 7.03. The van der Waals surface area contributed by atoms with Gasteiger partial charge in [0.25, 0.3) is 0 Å². The Labute approximate surface area is 181 Å². The molecular formula is C26H37NO3. The summed E-state index contributed by atoms with van der Waals surface area (Å²) in [7, 11) is 0. The van der Waals surface area contributed by atoms with Crippen molar-refractivity contribution >= 4 is 5.78 Å². The van der Waals surface area contributed by atoms with Gasteiger partial charge in [-0.3, -0.25) is 9.63 Å². The molecule has 4 heteroatoms. The van der Waals surface area contributed by atoms with Gasteiger partial charge in [0.1, 0.15) is 5.76 Å². The van der Waals surface area contributed by atoms with Crippen molar-refractivity contribution in [2.45, 2.75) is 85.6 Å². The number of benzene rings is 1. The number of rotatable bonds is 7. The summed E-state index contributed by atoms with van der Waals surface area (Å²) in [4.78, 5) is 18.5. The molecule has 2 N–H and O–H groups in total. The summed E-state index contributed by atoms with van der Waals surface area (Å²) in [5.41, 5.74) is 11.9. The van der Waals surface area contributed by atoms with Crippen molar-refractivity contribution in [3.8, 4) is 0 Å². The number of hydrogen-bond donors (Lipinski definition) is 2. The smallest absolute Gasteiger partial charge is 0.164 e. The van der Waals surface area contributed by atoms with Gasteiger partial charge in [0, 0.05) is 12.8 Å². The highest BCUT2D eigenvalue weighted by Gasteiger charge is 2.37. The molecule has 0 amide bonds. The Kier molecular flexibility index (Phi) is 6.59. The van der Waals surface area contributed by atoms with Crippen LogP contribution < -0.4 is 5.48 Å². The number of hydroxylamine groups is 1. The number of ketones is 1. The second-order valence-electron chi connectivity index (χ2n) is 9.83. The van der Waals surface area contributed by atoms with E-state index < -0.39 is 0 Å². The second kappa shape index (κ2) is 8.68. The van der Waals surface area contributed by atoms with Crippen molar-refractivity contribution in [3.05, 3.63) is 57.4 Å². The monoisotopic (exact) mass is 411 g/mol. The first-order chi connectivity index (χ1) is 14.1. The van der Waals surface area contributed by atoms with Crippen molar-refractivity contribution < 1.29 is 14.7 Å². The Morgan fingerprint density at radius 3 is 2.37 bits per heavy atom. The number of aliphatic hydroxyl groups is 1. The van der Waals surface area contributed by atoms with Crippen LogP contribution in [0.4, 0.5) is 0 Å². The van der Waals surface area contributed by atoms with Gasteiger partial charge < -0.3 is 5.11 Å². The van der Waals surface area contributed by atoms with Crippen LogP contribution in [0.1, 0.15) is 79.3 Å². The molecule has 0 saturated carbocycles. The zero-order valence-electron chi connectivity index (χ0n) is 19.4. The highest BCUT2D eigenvalue weighted by atomic mass is 16.6. The average Bonchev–Trinajstić information content (AvgIpc) is 3.00. The molecule has 2 atom stereocenters. The maximum atomic E-state index is 13.1. The lowest BCUT2D eigenvalue weighted by molar-refractivity contribution is -0.117. The summed E-state index contributed by atoms with van der Waals surface area (Å²) in [5.74, 6) is 0.248. The third kappa shape index (κ3) is 4.13. The predicted octanol–water partition coefficient (Wildman–Crippen LogP) is 5.48. The Balaban J connectivity index is 1.95. The molecule has 0 bridgehead atoms. The lowest BCUT2D eigenvalue weighted by Crippen LogP contribution is -2.37. The first-order valence-electron chi connectivity index (χ1n) is 11.2. The van der Waals surface area contributed by atoms with E-state index in [1.165, 1.54) is 33.4 Å². The van der Waals surface area contributed by atoms with E-state index in [2.05, 4.69) is 46.7 Å². The Bertz CT molecular complexity index is 894. The van der Waals surface area contributed by atoms with Gasteiger partial charge in [-0.25, -0.2) is 0 Å². The van der Waals surface area contributed by atoms with Crippen LogP contribution in [0.25, 0.3) is 0 Å². The van der Waals surface area contributed by atoms with Crippen LogP contribution in [0.3, 0.4) is 0 Å². The van der Waals surface area contributed by atoms with Crippen LogP contribution >= 0.6 is 0 Å². The van der Waals surface area contributed by atoms with Gasteiger partial charge in [-0.1, -0.05) is 26.8 Å². The Morgan fingerprint density at radius 1 is 1.17 bits per heavy atom. The first-order valence-corrected chi connectivity index (χ1v) is 11.2. The van der Waals surface area contributed by atoms with Crippen molar-refractivity contribution in [1.82, 2.24) is 5.48 Å². The molecule has 0 saturated heterocycles. The number of carbonyl (C=O) groups is 1. The zero-order valence-corrected chi connectivity index (χ0v) is 19.4. The molecule has 1 aromatic rings. The molecule has 0 fully saturated rings. The number of Topliss-reactive ketones (excluding diaryl/α,β-unsaturated/α-hetero) is 1. The molecule has 3 rings (SSSR count). The van der Waals surface area contributed by atoms with E-state index in [0.29, 0.717) is 31.4 Å². The minimum absolute atomic E-state index is 0.0163. The van der Waals surface area contributed by atoms with Gasteiger partial charge in [0.05, 0.1) is 18.2 Å². The maximum Gasteiger partial charge on any atom is 0.164 e. The van der Waals surface area contributed by atoms with Gasteiger partial charge in [-0.2, -0.15) is 5.48 Å². The molecule has 0 radical (unpaired) electrons. The van der Waals surface area contributed by atoms with Gasteiger partial charge in [-0.15, -0.1) is 6.58 Å². The van der Waals surface area contributed by atoms with Gasteiger partial charge in [-0.05, 0) is 84.7 Å². The van der Waals surface area contributed by atoms with E-state index in [1.807, 2.05) is 6.92 Å². The van der Waals surface area contributed by atoms with Gasteiger partial charge in [0.2, 0.25) is 0 Å². The number of hydrogen-bond acceptors (Lipinski definition) is 4. The number of fused-ring (bicyclic) bond motifs is 1. The van der Waals surface area contributed by atoms with Crippen molar-refractivity contribution in [2.24, 2.45) is 5.41 Å². The summed E-state index contributed by atoms with van der Waals surface area (Å²) in [6, 6.07) is -0.303. The summed E-state index contributed by atoms with van der Waals surface area (Å²) in [5, 5.41) is 10.9. The minimum Gasteiger partial charge on any atom is -0.512 e. The standard InChI is InChI=1S/C26H37NO3/c1-8-10-30-27-21(9-2)25-22(28)11-18(12-23(25)29)24-16(4)15(3)19-13-26(6,7)14-20(19)17(24)5/h8,18,21,27-28H,1,9-14H2,2-7H3. The highest BCUT2D eigenvalue weighted by Crippen LogP contribution is 2.46. The van der Waals surface area contributed by atoms with E-state index in [-0.39, 0.29) is 28.9 Å². The minimum atomic E-state index is -0.303. The number of nitrogens with one attached hydrogen (secondary N) is 1. The molecule has 0 aromatic heterocycles. The Hall–Kier alpha value is -1.91. The molecule has 164 valence electrons. The van der Waals surface area contributed by atoms with Crippen molar-refractivity contribution in [3.63, 3.8) is 0 Å². The molecule has 0 spiro atoms. The zero-order chi connectivity index (χ0) is 22.2. The SMILES string of the molecule is C=CCONC(CC)C1=C(O)CC(c2c(C)c(C)c3c(c2C)CC(C)(C)C3)CC1=O. The molecule has 4 nitrogen and oxygen atoms in total. The van der Waals surface area contributed by atoms with E-state index >= 15 is 0 Å². The van der Waals surface area contributed by atoms with Crippen molar-refractivity contribution in [1.29, 1.82) is 0 Å². The van der Waals surface area contributed by atoms with Crippen LogP contribution in [0, 0.1) is 26.2 Å². The molecule has 2 aliphatic carbocycles. The molecular weight excluding hydrogens is 374 g/mol. The quantitative estimate of drug-likeness (QED) is 0.354. The van der Waals surface area contributed by atoms with Gasteiger partial charge in [0.15, 0.2) is 5.78 Å². The van der Waals surface area contributed by atoms with Crippen LogP contribution in [0.15, 0.2) is 24.0 Å². The lowest BCUT2D eigenvalue weighted by Gasteiger charge is -2.31. The fourth-order valence-electron chi connectivity index (χ4n) is 5.50. The number of aliphatic hydroxyl groups excluding tert-OH is 1. The van der Waals surface area contributed by atoms with Crippen LogP contribution in [-0.2, 0) is 22.5 Å². The molecule has 2 aliphatic rings. The fraction of sp³-hybridized carbons (Fsp3) is 0.577.